The maximum absolute atomic E-state index is 14.6. The fourth-order valence-electron chi connectivity index (χ4n) is 3.60. The highest BCUT2D eigenvalue weighted by molar-refractivity contribution is 7.80. The first-order valence-corrected chi connectivity index (χ1v) is 12.0. The summed E-state index contributed by atoms with van der Waals surface area (Å²) in [6.07, 6.45) is 0. The summed E-state index contributed by atoms with van der Waals surface area (Å²) in [5, 5.41) is 2.53. The third-order valence-electron chi connectivity index (χ3n) is 5.48. The average Bonchev–Trinajstić information content (AvgIpc) is 2.85. The van der Waals surface area contributed by atoms with E-state index in [1.54, 1.807) is 49.4 Å². The first-order chi connectivity index (χ1) is 16.1. The number of anilines is 1. The molecule has 0 heterocycles. The zero-order valence-corrected chi connectivity index (χ0v) is 19.1. The van der Waals surface area contributed by atoms with Crippen molar-refractivity contribution in [3.05, 3.63) is 113 Å². The highest BCUT2D eigenvalue weighted by atomic mass is 31.2. The van der Waals surface area contributed by atoms with Crippen LogP contribution in [0.4, 0.5) is 27.6 Å². The fraction of sp³-hybridized carbons (Fsp3) is 0.0769. The summed E-state index contributed by atoms with van der Waals surface area (Å²) in [5.41, 5.74) is 1.63. The van der Waals surface area contributed by atoms with Crippen molar-refractivity contribution in [2.45, 2.75) is 13.8 Å². The zero-order chi connectivity index (χ0) is 24.6. The Morgan fingerprint density at radius 1 is 0.618 bits per heavy atom. The van der Waals surface area contributed by atoms with E-state index in [0.717, 1.165) is 11.1 Å². The summed E-state index contributed by atoms with van der Waals surface area (Å²) in [6, 6.07) is 20.1. The maximum atomic E-state index is 14.6. The number of hydrogen-bond acceptors (Lipinski definition) is 1. The van der Waals surface area contributed by atoms with Gasteiger partial charge in [-0.2, -0.15) is 0 Å². The van der Waals surface area contributed by atoms with Gasteiger partial charge in [0.25, 0.3) is 0 Å². The van der Waals surface area contributed by atoms with Crippen molar-refractivity contribution in [3.8, 4) is 11.1 Å². The summed E-state index contributed by atoms with van der Waals surface area (Å²) in [5.74, 6) is -10.7. The van der Waals surface area contributed by atoms with Crippen LogP contribution in [0.15, 0.2) is 72.8 Å². The molecule has 0 fully saturated rings. The molecule has 0 bridgehead atoms. The Morgan fingerprint density at radius 2 is 1.09 bits per heavy atom. The lowest BCUT2D eigenvalue weighted by molar-refractivity contribution is 0.382. The summed E-state index contributed by atoms with van der Waals surface area (Å²) in [7, 11) is -4.18. The van der Waals surface area contributed by atoms with Gasteiger partial charge in [-0.15, -0.1) is 0 Å². The van der Waals surface area contributed by atoms with E-state index in [4.69, 9.17) is 0 Å². The molecule has 0 spiro atoms. The molecule has 4 aromatic rings. The Labute approximate surface area is 193 Å². The predicted octanol–water partition coefficient (Wildman–Crippen LogP) is 7.01. The molecule has 34 heavy (non-hydrogen) atoms. The van der Waals surface area contributed by atoms with Crippen molar-refractivity contribution in [2.75, 3.05) is 5.09 Å². The van der Waals surface area contributed by atoms with Crippen LogP contribution in [0.1, 0.15) is 11.1 Å². The quantitative estimate of drug-likeness (QED) is 0.142. The van der Waals surface area contributed by atoms with Crippen LogP contribution in [0.3, 0.4) is 0 Å². The van der Waals surface area contributed by atoms with Crippen LogP contribution in [0.5, 0.6) is 0 Å². The molecule has 0 aromatic heterocycles. The van der Waals surface area contributed by atoms with Gasteiger partial charge in [0.2, 0.25) is 13.1 Å². The molecule has 4 aromatic carbocycles. The second kappa shape index (κ2) is 9.07. The van der Waals surface area contributed by atoms with Crippen LogP contribution in [0, 0.1) is 42.9 Å². The normalized spacial score (nSPS) is 12.9. The van der Waals surface area contributed by atoms with E-state index in [1.165, 1.54) is 18.2 Å². The van der Waals surface area contributed by atoms with Gasteiger partial charge in [-0.3, -0.25) is 4.57 Å². The molecule has 0 amide bonds. The maximum Gasteiger partial charge on any atom is 0.227 e. The highest BCUT2D eigenvalue weighted by Crippen LogP contribution is 2.48. The van der Waals surface area contributed by atoms with Gasteiger partial charge in [0.1, 0.15) is 5.69 Å². The van der Waals surface area contributed by atoms with Crippen LogP contribution in [0.25, 0.3) is 11.1 Å². The minimum Gasteiger partial charge on any atom is -0.324 e. The van der Waals surface area contributed by atoms with Crippen molar-refractivity contribution in [1.82, 2.24) is 0 Å². The molecule has 8 heteroatoms. The van der Waals surface area contributed by atoms with Gasteiger partial charge in [0, 0.05) is 10.6 Å². The third-order valence-corrected chi connectivity index (χ3v) is 8.11. The van der Waals surface area contributed by atoms with Crippen molar-refractivity contribution in [1.29, 1.82) is 0 Å². The summed E-state index contributed by atoms with van der Waals surface area (Å²) in [6.45, 7) is 3.70. The summed E-state index contributed by atoms with van der Waals surface area (Å²) in [4.78, 5) is 0. The number of hydrogen-bond donors (Lipinski definition) is 1. The van der Waals surface area contributed by atoms with E-state index in [9.17, 15) is 26.5 Å². The molecule has 0 radical (unpaired) electrons. The zero-order valence-electron chi connectivity index (χ0n) is 18.2. The molecular weight excluding hydrogens is 468 g/mol. The number of rotatable bonds is 5. The molecule has 0 saturated heterocycles. The lowest BCUT2D eigenvalue weighted by Gasteiger charge is -2.25. The highest BCUT2D eigenvalue weighted by Gasteiger charge is 2.35. The van der Waals surface area contributed by atoms with E-state index in [2.05, 4.69) is 5.09 Å². The molecule has 0 aliphatic rings. The first kappa shape index (κ1) is 23.7. The number of halogens is 5. The van der Waals surface area contributed by atoms with Gasteiger partial charge in [0.05, 0.1) is 0 Å². The Morgan fingerprint density at radius 3 is 1.65 bits per heavy atom. The molecule has 174 valence electrons. The molecule has 2 nitrogen and oxygen atoms in total. The topological polar surface area (TPSA) is 29.1 Å². The Hall–Kier alpha value is -3.44. The van der Waals surface area contributed by atoms with Gasteiger partial charge in [0.15, 0.2) is 23.3 Å². The van der Waals surface area contributed by atoms with E-state index in [1.807, 2.05) is 19.1 Å². The fourth-order valence-corrected chi connectivity index (χ4v) is 6.05. The van der Waals surface area contributed by atoms with E-state index in [-0.39, 0.29) is 10.6 Å². The van der Waals surface area contributed by atoms with Crippen LogP contribution in [0.2, 0.25) is 0 Å². The number of nitrogens with one attached hydrogen (secondary N) is 1. The summed E-state index contributed by atoms with van der Waals surface area (Å²) < 4.78 is 85.2. The predicted molar refractivity (Wildman–Crippen MR) is 125 cm³/mol. The summed E-state index contributed by atoms with van der Waals surface area (Å²) >= 11 is 0. The largest absolute Gasteiger partial charge is 0.324 e. The van der Waals surface area contributed by atoms with Crippen molar-refractivity contribution in [2.24, 2.45) is 0 Å². The van der Waals surface area contributed by atoms with Crippen LogP contribution in [-0.4, -0.2) is 0 Å². The monoisotopic (exact) mass is 487 g/mol. The minimum atomic E-state index is -4.18. The molecule has 0 aliphatic heterocycles. The minimum absolute atomic E-state index is 0.140. The molecule has 4 rings (SSSR count). The van der Waals surface area contributed by atoms with Gasteiger partial charge in [-0.1, -0.05) is 65.7 Å². The van der Waals surface area contributed by atoms with Crippen molar-refractivity contribution in [3.63, 3.8) is 0 Å². The molecule has 0 aliphatic carbocycles. The standard InChI is InChI=1S/C26H19F5NOP/c1-15-7-11-17(12-8-15)19-5-3-4-6-20(19)34(33,18-13-9-16(2)10-14-18)32-26-24(30)22(28)21(27)23(29)25(26)31/h3-14H,1-2H3,(H,32,33). The lowest BCUT2D eigenvalue weighted by atomic mass is 10.0. The van der Waals surface area contributed by atoms with Crippen molar-refractivity contribution < 1.29 is 26.5 Å². The molecule has 1 atom stereocenters. The molecule has 0 saturated carbocycles. The van der Waals surface area contributed by atoms with Crippen LogP contribution < -0.4 is 15.7 Å². The molecule has 1 unspecified atom stereocenters. The van der Waals surface area contributed by atoms with E-state index in [0.29, 0.717) is 11.1 Å². The SMILES string of the molecule is Cc1ccc(-c2ccccc2P(=O)(Nc2c(F)c(F)c(F)c(F)c2F)c2ccc(C)cc2)cc1. The Balaban J connectivity index is 1.99. The van der Waals surface area contributed by atoms with Crippen LogP contribution >= 0.6 is 7.29 Å². The Kier molecular flexibility index (Phi) is 6.32. The Bertz CT molecular complexity index is 1390. The first-order valence-electron chi connectivity index (χ1n) is 10.3. The number of benzene rings is 4. The van der Waals surface area contributed by atoms with E-state index < -0.39 is 42.1 Å². The average molecular weight is 487 g/mol. The molecule has 1 N–H and O–H groups in total. The van der Waals surface area contributed by atoms with Gasteiger partial charge in [-0.05, 0) is 43.2 Å². The second-order valence-electron chi connectivity index (χ2n) is 7.88. The van der Waals surface area contributed by atoms with Gasteiger partial charge >= 0.3 is 0 Å². The molecular formula is C26H19F5NOP. The number of aryl methyl sites for hydroxylation is 2. The third kappa shape index (κ3) is 4.12. The second-order valence-corrected chi connectivity index (χ2v) is 10.3. The van der Waals surface area contributed by atoms with E-state index >= 15 is 0 Å². The van der Waals surface area contributed by atoms with Gasteiger partial charge in [-0.25, -0.2) is 22.0 Å². The van der Waals surface area contributed by atoms with Crippen molar-refractivity contribution >= 4 is 23.6 Å². The van der Waals surface area contributed by atoms with Crippen LogP contribution in [-0.2, 0) is 4.57 Å². The smallest absolute Gasteiger partial charge is 0.227 e. The lowest BCUT2D eigenvalue weighted by Crippen LogP contribution is -2.25. The van der Waals surface area contributed by atoms with Gasteiger partial charge < -0.3 is 5.09 Å².